The Morgan fingerprint density at radius 1 is 1.50 bits per heavy atom. The van der Waals surface area contributed by atoms with E-state index < -0.39 is 6.10 Å². The van der Waals surface area contributed by atoms with Crippen LogP contribution in [-0.2, 0) is 11.3 Å². The Labute approximate surface area is 83.6 Å². The van der Waals surface area contributed by atoms with Crippen LogP contribution in [0.25, 0.3) is 0 Å². The smallest absolute Gasteiger partial charge is 0.166 e. The Morgan fingerprint density at radius 3 is 2.86 bits per heavy atom. The normalized spacial score (nSPS) is 12.1. The Morgan fingerprint density at radius 2 is 2.21 bits per heavy atom. The molecular formula is C11H13NO2. The van der Waals surface area contributed by atoms with Gasteiger partial charge in [0.05, 0.1) is 12.7 Å². The van der Waals surface area contributed by atoms with Crippen LogP contribution in [0.1, 0.15) is 24.2 Å². The van der Waals surface area contributed by atoms with Gasteiger partial charge in [0.2, 0.25) is 0 Å². The van der Waals surface area contributed by atoms with E-state index in [4.69, 9.17) is 10.00 Å². The van der Waals surface area contributed by atoms with Gasteiger partial charge in [0, 0.05) is 12.2 Å². The van der Waals surface area contributed by atoms with Crippen molar-refractivity contribution in [2.24, 2.45) is 0 Å². The second-order valence-corrected chi connectivity index (χ2v) is 2.87. The van der Waals surface area contributed by atoms with Crippen LogP contribution in [0.2, 0.25) is 0 Å². The minimum atomic E-state index is -1.06. The summed E-state index contributed by atoms with van der Waals surface area (Å²) >= 11 is 0. The van der Waals surface area contributed by atoms with E-state index in [1.165, 1.54) is 0 Å². The average molecular weight is 191 g/mol. The molecule has 1 atom stereocenters. The molecule has 74 valence electrons. The fourth-order valence-corrected chi connectivity index (χ4v) is 1.21. The standard InChI is InChI=1S/C11H13NO2/c1-2-14-8-9-5-3-4-6-10(9)11(13)7-12/h3-6,11,13H,2,8H2,1H3. The lowest BCUT2D eigenvalue weighted by atomic mass is 10.0. The molecule has 0 aliphatic heterocycles. The van der Waals surface area contributed by atoms with E-state index in [0.717, 1.165) is 5.56 Å². The molecule has 1 rings (SSSR count). The first-order valence-corrected chi connectivity index (χ1v) is 4.52. The molecule has 0 aromatic heterocycles. The first-order chi connectivity index (χ1) is 6.79. The molecular weight excluding hydrogens is 178 g/mol. The van der Waals surface area contributed by atoms with Crippen molar-refractivity contribution in [1.82, 2.24) is 0 Å². The zero-order chi connectivity index (χ0) is 10.4. The highest BCUT2D eigenvalue weighted by atomic mass is 16.5. The molecule has 1 aromatic carbocycles. The molecule has 0 aliphatic rings. The highest BCUT2D eigenvalue weighted by Crippen LogP contribution is 2.17. The average Bonchev–Trinajstić information content (AvgIpc) is 2.25. The lowest BCUT2D eigenvalue weighted by Gasteiger charge is -2.09. The van der Waals surface area contributed by atoms with Gasteiger partial charge in [-0.2, -0.15) is 5.26 Å². The van der Waals surface area contributed by atoms with Gasteiger partial charge in [-0.3, -0.25) is 0 Å². The first kappa shape index (κ1) is 10.7. The van der Waals surface area contributed by atoms with E-state index in [1.807, 2.05) is 19.1 Å². The van der Waals surface area contributed by atoms with Gasteiger partial charge in [-0.05, 0) is 12.5 Å². The highest BCUT2D eigenvalue weighted by Gasteiger charge is 2.09. The monoisotopic (exact) mass is 191 g/mol. The zero-order valence-electron chi connectivity index (χ0n) is 8.10. The summed E-state index contributed by atoms with van der Waals surface area (Å²) in [6.45, 7) is 2.96. The summed E-state index contributed by atoms with van der Waals surface area (Å²) in [4.78, 5) is 0. The van der Waals surface area contributed by atoms with Crippen molar-refractivity contribution in [1.29, 1.82) is 5.26 Å². The predicted octanol–water partition coefficient (Wildman–Crippen LogP) is 1.78. The van der Waals surface area contributed by atoms with Crippen LogP contribution in [0, 0.1) is 11.3 Å². The van der Waals surface area contributed by atoms with Crippen LogP contribution >= 0.6 is 0 Å². The fraction of sp³-hybridized carbons (Fsp3) is 0.364. The second kappa shape index (κ2) is 5.38. The maximum atomic E-state index is 9.39. The Hall–Kier alpha value is -1.37. The van der Waals surface area contributed by atoms with Crippen LogP contribution in [0.15, 0.2) is 24.3 Å². The number of benzene rings is 1. The van der Waals surface area contributed by atoms with Crippen LogP contribution < -0.4 is 0 Å². The van der Waals surface area contributed by atoms with Gasteiger partial charge in [0.1, 0.15) is 0 Å². The van der Waals surface area contributed by atoms with Crippen LogP contribution in [0.5, 0.6) is 0 Å². The molecule has 1 N–H and O–H groups in total. The molecule has 0 saturated heterocycles. The molecule has 0 bridgehead atoms. The second-order valence-electron chi connectivity index (χ2n) is 2.87. The van der Waals surface area contributed by atoms with E-state index in [9.17, 15) is 5.11 Å². The van der Waals surface area contributed by atoms with Crippen molar-refractivity contribution in [3.63, 3.8) is 0 Å². The number of nitrogens with zero attached hydrogens (tertiary/aromatic N) is 1. The number of nitriles is 1. The Bertz CT molecular complexity index is 330. The number of rotatable bonds is 4. The molecule has 1 aromatic rings. The molecule has 1 unspecified atom stereocenters. The Balaban J connectivity index is 2.86. The van der Waals surface area contributed by atoms with Gasteiger partial charge in [0.25, 0.3) is 0 Å². The summed E-state index contributed by atoms with van der Waals surface area (Å²) in [6, 6.07) is 9.05. The van der Waals surface area contributed by atoms with Gasteiger partial charge in [-0.1, -0.05) is 24.3 Å². The summed E-state index contributed by atoms with van der Waals surface area (Å²) < 4.78 is 5.23. The molecule has 0 spiro atoms. The third-order valence-corrected chi connectivity index (χ3v) is 1.93. The summed E-state index contributed by atoms with van der Waals surface area (Å²) in [5.74, 6) is 0. The molecule has 0 aliphatic carbocycles. The molecule has 3 nitrogen and oxygen atoms in total. The maximum absolute atomic E-state index is 9.39. The van der Waals surface area contributed by atoms with Crippen LogP contribution in [0.3, 0.4) is 0 Å². The first-order valence-electron chi connectivity index (χ1n) is 4.52. The summed E-state index contributed by atoms with van der Waals surface area (Å²) in [6.07, 6.45) is -1.06. The van der Waals surface area contributed by atoms with Gasteiger partial charge in [0.15, 0.2) is 6.10 Å². The van der Waals surface area contributed by atoms with E-state index in [0.29, 0.717) is 18.8 Å². The van der Waals surface area contributed by atoms with Crippen molar-refractivity contribution in [2.75, 3.05) is 6.61 Å². The van der Waals surface area contributed by atoms with Gasteiger partial charge in [-0.25, -0.2) is 0 Å². The predicted molar refractivity (Wildman–Crippen MR) is 52.3 cm³/mol. The van der Waals surface area contributed by atoms with Crippen LogP contribution in [-0.4, -0.2) is 11.7 Å². The third kappa shape index (κ3) is 2.56. The molecule has 3 heteroatoms. The number of aliphatic hydroxyl groups is 1. The maximum Gasteiger partial charge on any atom is 0.166 e. The van der Waals surface area contributed by atoms with Crippen molar-refractivity contribution in [3.05, 3.63) is 35.4 Å². The van der Waals surface area contributed by atoms with E-state index in [2.05, 4.69) is 0 Å². The van der Waals surface area contributed by atoms with Gasteiger partial charge >= 0.3 is 0 Å². The number of aliphatic hydroxyl groups excluding tert-OH is 1. The number of hydrogen-bond acceptors (Lipinski definition) is 3. The van der Waals surface area contributed by atoms with Crippen molar-refractivity contribution in [3.8, 4) is 6.07 Å². The molecule has 0 heterocycles. The molecule has 0 radical (unpaired) electrons. The number of hydrogen-bond donors (Lipinski definition) is 1. The SMILES string of the molecule is CCOCc1ccccc1C(O)C#N. The summed E-state index contributed by atoms with van der Waals surface area (Å²) in [5, 5.41) is 18.0. The van der Waals surface area contributed by atoms with Crippen molar-refractivity contribution >= 4 is 0 Å². The zero-order valence-corrected chi connectivity index (χ0v) is 8.10. The quantitative estimate of drug-likeness (QED) is 0.738. The lowest BCUT2D eigenvalue weighted by molar-refractivity contribution is 0.131. The highest BCUT2D eigenvalue weighted by molar-refractivity contribution is 5.31. The molecule has 14 heavy (non-hydrogen) atoms. The van der Waals surface area contributed by atoms with Gasteiger partial charge in [-0.15, -0.1) is 0 Å². The lowest BCUT2D eigenvalue weighted by Crippen LogP contribution is -2.01. The van der Waals surface area contributed by atoms with E-state index in [-0.39, 0.29) is 0 Å². The third-order valence-electron chi connectivity index (χ3n) is 1.93. The van der Waals surface area contributed by atoms with Crippen LogP contribution in [0.4, 0.5) is 0 Å². The van der Waals surface area contributed by atoms with Gasteiger partial charge < -0.3 is 9.84 Å². The summed E-state index contributed by atoms with van der Waals surface area (Å²) in [7, 11) is 0. The van der Waals surface area contributed by atoms with E-state index >= 15 is 0 Å². The summed E-state index contributed by atoms with van der Waals surface area (Å²) in [5.41, 5.74) is 1.49. The minimum Gasteiger partial charge on any atom is -0.377 e. The van der Waals surface area contributed by atoms with Crippen molar-refractivity contribution in [2.45, 2.75) is 19.6 Å². The van der Waals surface area contributed by atoms with E-state index in [1.54, 1.807) is 18.2 Å². The fourth-order valence-electron chi connectivity index (χ4n) is 1.21. The number of ether oxygens (including phenoxy) is 1. The Kier molecular flexibility index (Phi) is 4.11. The van der Waals surface area contributed by atoms with Crippen molar-refractivity contribution < 1.29 is 9.84 Å². The molecule has 0 amide bonds. The minimum absolute atomic E-state index is 0.436. The largest absolute Gasteiger partial charge is 0.377 e. The topological polar surface area (TPSA) is 53.2 Å². The molecule has 0 saturated carbocycles. The molecule has 0 fully saturated rings.